The van der Waals surface area contributed by atoms with Crippen LogP contribution in [-0.2, 0) is 4.79 Å². The molecular formula is C14H27N3O. The quantitative estimate of drug-likeness (QED) is 0.775. The molecule has 1 heterocycles. The number of nitrogens with one attached hydrogen (secondary N) is 1. The van der Waals surface area contributed by atoms with Crippen molar-refractivity contribution < 1.29 is 4.79 Å². The fourth-order valence-electron chi connectivity index (χ4n) is 3.89. The Morgan fingerprint density at radius 2 is 2.22 bits per heavy atom. The van der Waals surface area contributed by atoms with Gasteiger partial charge >= 0.3 is 0 Å². The van der Waals surface area contributed by atoms with Crippen LogP contribution in [0.1, 0.15) is 52.4 Å². The summed E-state index contributed by atoms with van der Waals surface area (Å²) in [6, 6.07) is 1.27. The second-order valence-electron chi connectivity index (χ2n) is 5.82. The van der Waals surface area contributed by atoms with Crippen LogP contribution < -0.4 is 11.1 Å². The number of hydrogen-bond donors (Lipinski definition) is 2. The maximum atomic E-state index is 11.8. The molecule has 3 atom stereocenters. The lowest BCUT2D eigenvalue weighted by Gasteiger charge is -2.32. The average Bonchev–Trinajstić information content (AvgIpc) is 2.95. The molecule has 104 valence electrons. The Morgan fingerprint density at radius 1 is 1.44 bits per heavy atom. The van der Waals surface area contributed by atoms with E-state index in [0.29, 0.717) is 6.04 Å². The number of carbonyl (C=O) groups is 1. The summed E-state index contributed by atoms with van der Waals surface area (Å²) >= 11 is 0. The first-order chi connectivity index (χ1) is 8.63. The molecule has 0 aromatic rings. The number of likely N-dealkylation sites (tertiary alicyclic amines) is 1. The molecular weight excluding hydrogens is 226 g/mol. The van der Waals surface area contributed by atoms with E-state index >= 15 is 0 Å². The SMILES string of the molecule is CCNC1(C(N)=O)CCC(N2CCCC2CC)C1. The monoisotopic (exact) mass is 253 g/mol. The zero-order chi connectivity index (χ0) is 13.2. The van der Waals surface area contributed by atoms with Crippen molar-refractivity contribution in [2.45, 2.75) is 70.0 Å². The molecule has 2 aliphatic rings. The molecule has 2 fully saturated rings. The molecule has 0 bridgehead atoms. The molecule has 4 heteroatoms. The Kier molecular flexibility index (Phi) is 4.28. The molecule has 0 radical (unpaired) electrons. The van der Waals surface area contributed by atoms with Gasteiger partial charge in [0.15, 0.2) is 0 Å². The van der Waals surface area contributed by atoms with Crippen molar-refractivity contribution in [1.29, 1.82) is 0 Å². The van der Waals surface area contributed by atoms with E-state index in [0.717, 1.165) is 31.8 Å². The zero-order valence-corrected chi connectivity index (χ0v) is 11.7. The summed E-state index contributed by atoms with van der Waals surface area (Å²) in [5.74, 6) is -0.168. The van der Waals surface area contributed by atoms with Crippen LogP contribution in [0, 0.1) is 0 Å². The molecule has 3 unspecified atom stereocenters. The van der Waals surface area contributed by atoms with Gasteiger partial charge in [0, 0.05) is 12.1 Å². The van der Waals surface area contributed by atoms with Crippen LogP contribution >= 0.6 is 0 Å². The molecule has 4 nitrogen and oxygen atoms in total. The fraction of sp³-hybridized carbons (Fsp3) is 0.929. The third kappa shape index (κ3) is 2.41. The van der Waals surface area contributed by atoms with Gasteiger partial charge in [0.25, 0.3) is 0 Å². The first-order valence-corrected chi connectivity index (χ1v) is 7.43. The highest BCUT2D eigenvalue weighted by Crippen LogP contribution is 2.36. The van der Waals surface area contributed by atoms with Crippen molar-refractivity contribution in [3.63, 3.8) is 0 Å². The van der Waals surface area contributed by atoms with Crippen LogP contribution in [0.4, 0.5) is 0 Å². The molecule has 0 spiro atoms. The zero-order valence-electron chi connectivity index (χ0n) is 11.7. The maximum absolute atomic E-state index is 11.8. The lowest BCUT2D eigenvalue weighted by molar-refractivity contribution is -0.124. The third-order valence-corrected chi connectivity index (χ3v) is 4.84. The second kappa shape index (κ2) is 5.57. The van der Waals surface area contributed by atoms with Crippen molar-refractivity contribution in [3.8, 4) is 0 Å². The summed E-state index contributed by atoms with van der Waals surface area (Å²) in [6.45, 7) is 6.32. The van der Waals surface area contributed by atoms with E-state index in [-0.39, 0.29) is 5.91 Å². The van der Waals surface area contributed by atoms with E-state index < -0.39 is 5.54 Å². The van der Waals surface area contributed by atoms with E-state index in [1.807, 2.05) is 6.92 Å². The van der Waals surface area contributed by atoms with Gasteiger partial charge in [-0.25, -0.2) is 0 Å². The smallest absolute Gasteiger partial charge is 0.237 e. The van der Waals surface area contributed by atoms with Crippen LogP contribution in [0.25, 0.3) is 0 Å². The van der Waals surface area contributed by atoms with Crippen molar-refractivity contribution in [2.24, 2.45) is 5.73 Å². The molecule has 3 N–H and O–H groups in total. The number of amides is 1. The Morgan fingerprint density at radius 3 is 2.83 bits per heavy atom. The fourth-order valence-corrected chi connectivity index (χ4v) is 3.89. The molecule has 1 saturated heterocycles. The lowest BCUT2D eigenvalue weighted by Crippen LogP contribution is -2.54. The van der Waals surface area contributed by atoms with E-state index in [9.17, 15) is 4.79 Å². The van der Waals surface area contributed by atoms with Gasteiger partial charge in [-0.2, -0.15) is 0 Å². The highest BCUT2D eigenvalue weighted by Gasteiger charge is 2.46. The minimum absolute atomic E-state index is 0.168. The Bertz CT molecular complexity index is 307. The van der Waals surface area contributed by atoms with Crippen molar-refractivity contribution in [1.82, 2.24) is 10.2 Å². The number of carbonyl (C=O) groups excluding carboxylic acids is 1. The summed E-state index contributed by atoms with van der Waals surface area (Å²) in [5, 5.41) is 3.34. The van der Waals surface area contributed by atoms with Crippen molar-refractivity contribution in [3.05, 3.63) is 0 Å². The topological polar surface area (TPSA) is 58.4 Å². The van der Waals surface area contributed by atoms with Gasteiger partial charge in [-0.3, -0.25) is 9.69 Å². The van der Waals surface area contributed by atoms with E-state index in [1.165, 1.54) is 25.8 Å². The minimum atomic E-state index is -0.444. The summed E-state index contributed by atoms with van der Waals surface area (Å²) in [6.07, 6.45) is 6.74. The predicted molar refractivity (Wildman–Crippen MR) is 73.3 cm³/mol. The molecule has 1 saturated carbocycles. The second-order valence-corrected chi connectivity index (χ2v) is 5.82. The van der Waals surface area contributed by atoms with Gasteiger partial charge in [0.1, 0.15) is 0 Å². The molecule has 1 amide bonds. The first kappa shape index (κ1) is 13.8. The van der Waals surface area contributed by atoms with Crippen molar-refractivity contribution >= 4 is 5.91 Å². The predicted octanol–water partition coefficient (Wildman–Crippen LogP) is 1.25. The number of likely N-dealkylation sites (N-methyl/N-ethyl adjacent to an activating group) is 1. The summed E-state index contributed by atoms with van der Waals surface area (Å²) in [5.41, 5.74) is 5.18. The lowest BCUT2D eigenvalue weighted by atomic mass is 9.96. The van der Waals surface area contributed by atoms with Gasteiger partial charge in [-0.05, 0) is 51.6 Å². The Hall–Kier alpha value is -0.610. The van der Waals surface area contributed by atoms with E-state index in [4.69, 9.17) is 5.73 Å². The molecule has 0 aromatic heterocycles. The first-order valence-electron chi connectivity index (χ1n) is 7.43. The van der Waals surface area contributed by atoms with Crippen LogP contribution in [0.3, 0.4) is 0 Å². The van der Waals surface area contributed by atoms with Crippen LogP contribution in [0.5, 0.6) is 0 Å². The van der Waals surface area contributed by atoms with Crippen LogP contribution in [-0.4, -0.2) is 41.5 Å². The number of rotatable bonds is 5. The van der Waals surface area contributed by atoms with E-state index in [2.05, 4.69) is 17.1 Å². The number of nitrogens with zero attached hydrogens (tertiary/aromatic N) is 1. The number of primary amides is 1. The highest BCUT2D eigenvalue weighted by atomic mass is 16.1. The Balaban J connectivity index is 2.04. The number of hydrogen-bond acceptors (Lipinski definition) is 3. The van der Waals surface area contributed by atoms with Gasteiger partial charge in [-0.1, -0.05) is 13.8 Å². The molecule has 1 aliphatic carbocycles. The van der Waals surface area contributed by atoms with E-state index in [1.54, 1.807) is 0 Å². The normalized spacial score (nSPS) is 37.2. The summed E-state index contributed by atoms with van der Waals surface area (Å²) in [7, 11) is 0. The van der Waals surface area contributed by atoms with Crippen molar-refractivity contribution in [2.75, 3.05) is 13.1 Å². The summed E-state index contributed by atoms with van der Waals surface area (Å²) in [4.78, 5) is 14.4. The average molecular weight is 253 g/mol. The number of nitrogens with two attached hydrogens (primary N) is 1. The van der Waals surface area contributed by atoms with Crippen LogP contribution in [0.2, 0.25) is 0 Å². The maximum Gasteiger partial charge on any atom is 0.237 e. The van der Waals surface area contributed by atoms with Gasteiger partial charge in [0.2, 0.25) is 5.91 Å². The van der Waals surface area contributed by atoms with Gasteiger partial charge in [-0.15, -0.1) is 0 Å². The van der Waals surface area contributed by atoms with Gasteiger partial charge in [0.05, 0.1) is 5.54 Å². The Labute approximate surface area is 110 Å². The summed E-state index contributed by atoms with van der Waals surface area (Å²) < 4.78 is 0. The molecule has 2 rings (SSSR count). The third-order valence-electron chi connectivity index (χ3n) is 4.84. The minimum Gasteiger partial charge on any atom is -0.368 e. The van der Waals surface area contributed by atoms with Gasteiger partial charge < -0.3 is 11.1 Å². The highest BCUT2D eigenvalue weighted by molar-refractivity contribution is 5.85. The molecule has 18 heavy (non-hydrogen) atoms. The molecule has 1 aliphatic heterocycles. The van der Waals surface area contributed by atoms with Crippen LogP contribution in [0.15, 0.2) is 0 Å². The largest absolute Gasteiger partial charge is 0.368 e. The standard InChI is InChI=1S/C14H27N3O/c1-3-11-6-5-9-17(11)12-7-8-14(10-12,13(15)18)16-4-2/h11-12,16H,3-10H2,1-2H3,(H2,15,18). The molecule has 0 aromatic carbocycles.